The van der Waals surface area contributed by atoms with E-state index in [-0.39, 0.29) is 6.04 Å². The molecule has 0 radical (unpaired) electrons. The van der Waals surface area contributed by atoms with Gasteiger partial charge in [-0.2, -0.15) is 23.5 Å². The van der Waals surface area contributed by atoms with E-state index in [9.17, 15) is 0 Å². The SMILES string of the molecule is Cc1cccc(C(NN)C2SCCSC2C)c1. The van der Waals surface area contributed by atoms with Crippen molar-refractivity contribution in [2.75, 3.05) is 11.5 Å². The molecule has 1 fully saturated rings. The number of aryl methyl sites for hydroxylation is 1. The van der Waals surface area contributed by atoms with E-state index in [1.165, 1.54) is 22.6 Å². The van der Waals surface area contributed by atoms with Gasteiger partial charge in [-0.1, -0.05) is 36.8 Å². The predicted octanol–water partition coefficient (Wildman–Crippen LogP) is 2.74. The van der Waals surface area contributed by atoms with E-state index in [1.807, 2.05) is 11.8 Å². The van der Waals surface area contributed by atoms with Crippen LogP contribution in [0.2, 0.25) is 0 Å². The molecule has 1 aromatic carbocycles. The summed E-state index contributed by atoms with van der Waals surface area (Å²) in [6.07, 6.45) is 0. The van der Waals surface area contributed by atoms with Gasteiger partial charge in [0.25, 0.3) is 0 Å². The average molecular weight is 268 g/mol. The Labute approximate surface area is 112 Å². The Balaban J connectivity index is 2.20. The smallest absolute Gasteiger partial charge is 0.0589 e. The topological polar surface area (TPSA) is 38.0 Å². The highest BCUT2D eigenvalue weighted by molar-refractivity contribution is 8.07. The highest BCUT2D eigenvalue weighted by Crippen LogP contribution is 2.38. The maximum Gasteiger partial charge on any atom is 0.0589 e. The van der Waals surface area contributed by atoms with Crippen molar-refractivity contribution < 1.29 is 0 Å². The van der Waals surface area contributed by atoms with E-state index in [4.69, 9.17) is 5.84 Å². The summed E-state index contributed by atoms with van der Waals surface area (Å²) in [4.78, 5) is 0. The van der Waals surface area contributed by atoms with Crippen LogP contribution in [-0.4, -0.2) is 22.0 Å². The Morgan fingerprint density at radius 2 is 2.12 bits per heavy atom. The van der Waals surface area contributed by atoms with E-state index in [2.05, 4.69) is 55.3 Å². The molecule has 1 aliphatic heterocycles. The van der Waals surface area contributed by atoms with Crippen molar-refractivity contribution in [1.29, 1.82) is 0 Å². The van der Waals surface area contributed by atoms with E-state index < -0.39 is 0 Å². The van der Waals surface area contributed by atoms with Crippen LogP contribution in [0.3, 0.4) is 0 Å². The molecule has 3 atom stereocenters. The van der Waals surface area contributed by atoms with E-state index in [1.54, 1.807) is 0 Å². The van der Waals surface area contributed by atoms with Crippen molar-refractivity contribution in [1.82, 2.24) is 5.43 Å². The van der Waals surface area contributed by atoms with Crippen molar-refractivity contribution in [3.8, 4) is 0 Å². The fourth-order valence-electron chi connectivity index (χ4n) is 2.26. The summed E-state index contributed by atoms with van der Waals surface area (Å²) in [6.45, 7) is 4.44. The van der Waals surface area contributed by atoms with Crippen molar-refractivity contribution >= 4 is 23.5 Å². The molecule has 1 aromatic rings. The third-order valence-corrected chi connectivity index (χ3v) is 6.34. The first kappa shape index (κ1) is 13.3. The number of rotatable bonds is 3. The second kappa shape index (κ2) is 6.14. The van der Waals surface area contributed by atoms with Crippen LogP contribution >= 0.6 is 23.5 Å². The third kappa shape index (κ3) is 3.19. The maximum absolute atomic E-state index is 5.78. The first-order valence-corrected chi connectivity index (χ1v) is 8.08. The molecule has 0 aliphatic carbocycles. The summed E-state index contributed by atoms with van der Waals surface area (Å²) in [5, 5.41) is 1.20. The summed E-state index contributed by atoms with van der Waals surface area (Å²) >= 11 is 4.09. The second-order valence-electron chi connectivity index (χ2n) is 4.47. The Morgan fingerprint density at radius 3 is 2.76 bits per heavy atom. The number of nitrogens with two attached hydrogens (primary N) is 1. The van der Waals surface area contributed by atoms with Crippen LogP contribution in [0.15, 0.2) is 24.3 Å². The lowest BCUT2D eigenvalue weighted by atomic mass is 10.0. The molecule has 17 heavy (non-hydrogen) atoms. The second-order valence-corrected chi connectivity index (χ2v) is 7.24. The monoisotopic (exact) mass is 268 g/mol. The van der Waals surface area contributed by atoms with Gasteiger partial charge in [-0.3, -0.25) is 11.3 Å². The van der Waals surface area contributed by atoms with Crippen LogP contribution in [0.5, 0.6) is 0 Å². The number of hydrazine groups is 1. The fraction of sp³-hybridized carbons (Fsp3) is 0.538. The standard InChI is InChI=1S/C13H20N2S2/c1-9-4-3-5-11(8-9)12(15-14)13-10(2)16-6-7-17-13/h3-5,8,10,12-13,15H,6-7,14H2,1-2H3. The van der Waals surface area contributed by atoms with Crippen LogP contribution in [0.25, 0.3) is 0 Å². The van der Waals surface area contributed by atoms with Crippen molar-refractivity contribution in [3.63, 3.8) is 0 Å². The molecule has 2 nitrogen and oxygen atoms in total. The highest BCUT2D eigenvalue weighted by Gasteiger charge is 2.30. The fourth-order valence-corrected chi connectivity index (χ4v) is 5.19. The number of hydrogen-bond donors (Lipinski definition) is 2. The molecule has 4 heteroatoms. The normalized spacial score (nSPS) is 26.8. The van der Waals surface area contributed by atoms with Crippen LogP contribution in [-0.2, 0) is 0 Å². The van der Waals surface area contributed by atoms with Gasteiger partial charge in [0.15, 0.2) is 0 Å². The Kier molecular flexibility index (Phi) is 4.79. The van der Waals surface area contributed by atoms with Crippen molar-refractivity contribution in [2.24, 2.45) is 5.84 Å². The van der Waals surface area contributed by atoms with Crippen LogP contribution in [0.4, 0.5) is 0 Å². The Bertz CT molecular complexity index is 370. The van der Waals surface area contributed by atoms with Crippen LogP contribution < -0.4 is 11.3 Å². The predicted molar refractivity (Wildman–Crippen MR) is 79.4 cm³/mol. The van der Waals surface area contributed by atoms with Gasteiger partial charge in [-0.25, -0.2) is 0 Å². The molecule has 1 heterocycles. The minimum Gasteiger partial charge on any atom is -0.271 e. The molecule has 0 spiro atoms. The summed E-state index contributed by atoms with van der Waals surface area (Å²) < 4.78 is 0. The number of benzene rings is 1. The van der Waals surface area contributed by atoms with Gasteiger partial charge in [-0.05, 0) is 12.5 Å². The van der Waals surface area contributed by atoms with Gasteiger partial charge in [0.1, 0.15) is 0 Å². The number of nitrogens with one attached hydrogen (secondary N) is 1. The molecule has 1 aliphatic rings. The molecular formula is C13H20N2S2. The van der Waals surface area contributed by atoms with Gasteiger partial charge in [0.2, 0.25) is 0 Å². The molecule has 1 saturated heterocycles. The summed E-state index contributed by atoms with van der Waals surface area (Å²) in [6, 6.07) is 8.90. The van der Waals surface area contributed by atoms with Gasteiger partial charge < -0.3 is 0 Å². The summed E-state index contributed by atoms with van der Waals surface area (Å²) in [5.41, 5.74) is 5.61. The zero-order chi connectivity index (χ0) is 12.3. The number of hydrogen-bond acceptors (Lipinski definition) is 4. The molecule has 0 bridgehead atoms. The minimum atomic E-state index is 0.252. The zero-order valence-electron chi connectivity index (χ0n) is 10.3. The molecule has 0 amide bonds. The van der Waals surface area contributed by atoms with Crippen LogP contribution in [0, 0.1) is 6.92 Å². The highest BCUT2D eigenvalue weighted by atomic mass is 32.2. The minimum absolute atomic E-state index is 0.252. The van der Waals surface area contributed by atoms with E-state index in [0.29, 0.717) is 10.5 Å². The van der Waals surface area contributed by atoms with Gasteiger partial charge in [-0.15, -0.1) is 0 Å². The lowest BCUT2D eigenvalue weighted by Gasteiger charge is -2.34. The molecule has 3 unspecified atom stereocenters. The Morgan fingerprint density at radius 1 is 1.35 bits per heavy atom. The van der Waals surface area contributed by atoms with Crippen LogP contribution in [0.1, 0.15) is 24.1 Å². The molecule has 0 saturated carbocycles. The molecular weight excluding hydrogens is 248 g/mol. The lowest BCUT2D eigenvalue weighted by Crippen LogP contribution is -2.40. The van der Waals surface area contributed by atoms with Crippen molar-refractivity contribution in [2.45, 2.75) is 30.4 Å². The Hall–Kier alpha value is -0.160. The maximum atomic E-state index is 5.78. The van der Waals surface area contributed by atoms with Gasteiger partial charge in [0, 0.05) is 22.0 Å². The number of thioether (sulfide) groups is 2. The third-order valence-electron chi connectivity index (χ3n) is 3.15. The average Bonchev–Trinajstić information content (AvgIpc) is 2.33. The lowest BCUT2D eigenvalue weighted by molar-refractivity contribution is 0.527. The first-order chi connectivity index (χ1) is 8.22. The van der Waals surface area contributed by atoms with Gasteiger partial charge in [0.05, 0.1) is 6.04 Å². The molecule has 0 aromatic heterocycles. The quantitative estimate of drug-likeness (QED) is 0.653. The first-order valence-electron chi connectivity index (χ1n) is 5.98. The molecule has 94 valence electrons. The van der Waals surface area contributed by atoms with Gasteiger partial charge >= 0.3 is 0 Å². The zero-order valence-corrected chi connectivity index (χ0v) is 12.0. The largest absolute Gasteiger partial charge is 0.271 e. The molecule has 3 N–H and O–H groups in total. The molecule has 2 rings (SSSR count). The van der Waals surface area contributed by atoms with Crippen molar-refractivity contribution in [3.05, 3.63) is 35.4 Å². The summed E-state index contributed by atoms with van der Waals surface area (Å²) in [7, 11) is 0. The van der Waals surface area contributed by atoms with E-state index in [0.717, 1.165) is 0 Å². The summed E-state index contributed by atoms with van der Waals surface area (Å²) in [5.74, 6) is 8.26. The van der Waals surface area contributed by atoms with E-state index >= 15 is 0 Å².